The van der Waals surface area contributed by atoms with E-state index in [4.69, 9.17) is 14.2 Å². The second kappa shape index (κ2) is 7.95. The third-order valence-corrected chi connectivity index (χ3v) is 4.24. The van der Waals surface area contributed by atoms with Crippen LogP contribution in [0.3, 0.4) is 0 Å². The summed E-state index contributed by atoms with van der Waals surface area (Å²) in [4.78, 5) is 18.5. The number of nitrogens with zero attached hydrogens (tertiary/aromatic N) is 2. The summed E-state index contributed by atoms with van der Waals surface area (Å²) in [7, 11) is 3.13. The number of benzene rings is 1. The van der Waals surface area contributed by atoms with Crippen LogP contribution in [-0.4, -0.2) is 49.3 Å². The lowest BCUT2D eigenvalue weighted by Gasteiger charge is -2.18. The second-order valence-electron chi connectivity index (χ2n) is 6.15. The van der Waals surface area contributed by atoms with Crippen LogP contribution in [0.4, 0.5) is 10.5 Å². The normalized spacial score (nSPS) is 16.3. The number of amides is 2. The highest BCUT2D eigenvalue weighted by Gasteiger charge is 2.28. The van der Waals surface area contributed by atoms with Crippen molar-refractivity contribution in [1.29, 1.82) is 0 Å². The quantitative estimate of drug-likeness (QED) is 0.890. The fourth-order valence-electron chi connectivity index (χ4n) is 2.82. The number of likely N-dealkylation sites (tertiary alicyclic amines) is 1. The molecule has 1 N–H and O–H groups in total. The van der Waals surface area contributed by atoms with Gasteiger partial charge in [-0.2, -0.15) is 0 Å². The minimum absolute atomic E-state index is 0.0543. The van der Waals surface area contributed by atoms with Gasteiger partial charge in [0, 0.05) is 37.0 Å². The Hall–Kier alpha value is -2.96. The maximum absolute atomic E-state index is 12.5. The van der Waals surface area contributed by atoms with Crippen LogP contribution in [0.1, 0.15) is 12.0 Å². The number of aryl methyl sites for hydroxylation is 1. The summed E-state index contributed by atoms with van der Waals surface area (Å²) in [5.41, 5.74) is 1.73. The highest BCUT2D eigenvalue weighted by Crippen LogP contribution is 2.30. The first kappa shape index (κ1) is 17.8. The molecule has 1 aliphatic heterocycles. The first-order valence-corrected chi connectivity index (χ1v) is 8.46. The van der Waals surface area contributed by atoms with Crippen molar-refractivity contribution in [2.24, 2.45) is 0 Å². The van der Waals surface area contributed by atoms with E-state index in [1.165, 1.54) is 0 Å². The van der Waals surface area contributed by atoms with Crippen LogP contribution in [0.15, 0.2) is 36.5 Å². The zero-order valence-electron chi connectivity index (χ0n) is 15.2. The van der Waals surface area contributed by atoms with Gasteiger partial charge in [0.05, 0.1) is 20.8 Å². The topological polar surface area (TPSA) is 72.9 Å². The van der Waals surface area contributed by atoms with E-state index in [1.54, 1.807) is 43.5 Å². The van der Waals surface area contributed by atoms with Gasteiger partial charge in [0.1, 0.15) is 6.10 Å². The maximum atomic E-state index is 12.5. The van der Waals surface area contributed by atoms with Crippen LogP contribution in [0.25, 0.3) is 0 Å². The van der Waals surface area contributed by atoms with Crippen molar-refractivity contribution in [3.63, 3.8) is 0 Å². The number of anilines is 1. The largest absolute Gasteiger partial charge is 0.493 e. The molecule has 0 saturated carbocycles. The maximum Gasteiger partial charge on any atom is 0.321 e. The minimum Gasteiger partial charge on any atom is -0.493 e. The van der Waals surface area contributed by atoms with Gasteiger partial charge < -0.3 is 24.4 Å². The zero-order valence-corrected chi connectivity index (χ0v) is 15.2. The number of pyridine rings is 1. The van der Waals surface area contributed by atoms with Crippen molar-refractivity contribution in [2.75, 3.05) is 32.6 Å². The molecule has 3 rings (SSSR count). The number of urea groups is 1. The Bertz CT molecular complexity index is 764. The van der Waals surface area contributed by atoms with E-state index in [-0.39, 0.29) is 12.1 Å². The fourth-order valence-corrected chi connectivity index (χ4v) is 2.82. The van der Waals surface area contributed by atoms with Gasteiger partial charge in [0.2, 0.25) is 5.88 Å². The molecule has 0 spiro atoms. The summed E-state index contributed by atoms with van der Waals surface area (Å²) < 4.78 is 16.3. The molecule has 7 heteroatoms. The van der Waals surface area contributed by atoms with Crippen LogP contribution in [0.5, 0.6) is 17.4 Å². The van der Waals surface area contributed by atoms with Gasteiger partial charge in [-0.15, -0.1) is 0 Å². The van der Waals surface area contributed by atoms with Crippen molar-refractivity contribution in [2.45, 2.75) is 19.4 Å². The predicted octanol–water partition coefficient (Wildman–Crippen LogP) is 3.09. The SMILES string of the molecule is COc1ccc(NC(=O)N2CCC(Oc3ccc(C)cn3)C2)cc1OC. The second-order valence-corrected chi connectivity index (χ2v) is 6.15. The number of hydrogen-bond donors (Lipinski definition) is 1. The molecular formula is C19H23N3O4. The molecule has 1 aliphatic rings. The average Bonchev–Trinajstić information content (AvgIpc) is 3.12. The number of carbonyl (C=O) groups is 1. The average molecular weight is 357 g/mol. The summed E-state index contributed by atoms with van der Waals surface area (Å²) >= 11 is 0. The van der Waals surface area contributed by atoms with Crippen molar-refractivity contribution in [3.8, 4) is 17.4 Å². The van der Waals surface area contributed by atoms with Crippen molar-refractivity contribution >= 4 is 11.7 Å². The molecule has 2 amide bonds. The number of hydrogen-bond acceptors (Lipinski definition) is 5. The van der Waals surface area contributed by atoms with E-state index in [9.17, 15) is 4.79 Å². The number of aromatic nitrogens is 1. The Morgan fingerprint density at radius 2 is 2.00 bits per heavy atom. The molecule has 2 heterocycles. The third-order valence-electron chi connectivity index (χ3n) is 4.24. The molecule has 7 nitrogen and oxygen atoms in total. The number of rotatable bonds is 5. The Morgan fingerprint density at radius 3 is 2.69 bits per heavy atom. The zero-order chi connectivity index (χ0) is 18.5. The molecule has 1 aromatic carbocycles. The Kier molecular flexibility index (Phi) is 5.46. The Labute approximate surface area is 152 Å². The van der Waals surface area contributed by atoms with Crippen molar-refractivity contribution < 1.29 is 19.0 Å². The lowest BCUT2D eigenvalue weighted by atomic mass is 10.3. The predicted molar refractivity (Wildman–Crippen MR) is 98.1 cm³/mol. The molecule has 1 aromatic heterocycles. The molecule has 0 radical (unpaired) electrons. The van der Waals surface area contributed by atoms with E-state index < -0.39 is 0 Å². The Balaban J connectivity index is 1.56. The van der Waals surface area contributed by atoms with Crippen molar-refractivity contribution in [1.82, 2.24) is 9.88 Å². The summed E-state index contributed by atoms with van der Waals surface area (Å²) in [6.07, 6.45) is 2.49. The molecule has 1 saturated heterocycles. The first-order valence-electron chi connectivity index (χ1n) is 8.46. The molecule has 2 aromatic rings. The molecular weight excluding hydrogens is 334 g/mol. The van der Waals surface area contributed by atoms with Crippen LogP contribution in [0.2, 0.25) is 0 Å². The first-order chi connectivity index (χ1) is 12.6. The van der Waals surface area contributed by atoms with E-state index >= 15 is 0 Å². The Morgan fingerprint density at radius 1 is 1.19 bits per heavy atom. The van der Waals surface area contributed by atoms with E-state index in [0.29, 0.717) is 36.2 Å². The summed E-state index contributed by atoms with van der Waals surface area (Å²) in [6, 6.07) is 8.91. The van der Waals surface area contributed by atoms with Gasteiger partial charge in [-0.1, -0.05) is 6.07 Å². The summed E-state index contributed by atoms with van der Waals surface area (Å²) in [6.45, 7) is 3.14. The van der Waals surface area contributed by atoms with Crippen molar-refractivity contribution in [3.05, 3.63) is 42.1 Å². The molecule has 1 atom stereocenters. The fraction of sp³-hybridized carbons (Fsp3) is 0.368. The minimum atomic E-state index is -0.166. The van der Waals surface area contributed by atoms with Gasteiger partial charge in [0.15, 0.2) is 11.5 Å². The van der Waals surface area contributed by atoms with E-state index in [2.05, 4.69) is 10.3 Å². The highest BCUT2D eigenvalue weighted by molar-refractivity contribution is 5.90. The lowest BCUT2D eigenvalue weighted by Crippen LogP contribution is -2.34. The number of methoxy groups -OCH3 is 2. The molecule has 1 fully saturated rings. The third kappa shape index (κ3) is 4.17. The van der Waals surface area contributed by atoms with Gasteiger partial charge in [-0.05, 0) is 24.6 Å². The van der Waals surface area contributed by atoms with Gasteiger partial charge in [0.25, 0.3) is 0 Å². The van der Waals surface area contributed by atoms with Crippen LogP contribution in [-0.2, 0) is 0 Å². The van der Waals surface area contributed by atoms with Crippen LogP contribution in [0, 0.1) is 6.92 Å². The summed E-state index contributed by atoms with van der Waals surface area (Å²) in [5.74, 6) is 1.77. The number of ether oxygens (including phenoxy) is 3. The standard InChI is InChI=1S/C19H23N3O4/c1-13-4-7-18(20-11-13)26-15-8-9-22(12-15)19(23)21-14-5-6-16(24-2)17(10-14)25-3/h4-7,10-11,15H,8-9,12H2,1-3H3,(H,21,23). The molecule has 0 aliphatic carbocycles. The number of nitrogens with one attached hydrogen (secondary N) is 1. The summed E-state index contributed by atoms with van der Waals surface area (Å²) in [5, 5.41) is 2.88. The number of carbonyl (C=O) groups excluding carboxylic acids is 1. The van der Waals surface area contributed by atoms with E-state index in [1.807, 2.05) is 19.1 Å². The molecule has 0 bridgehead atoms. The smallest absolute Gasteiger partial charge is 0.321 e. The van der Waals surface area contributed by atoms with Crippen LogP contribution < -0.4 is 19.5 Å². The van der Waals surface area contributed by atoms with Gasteiger partial charge in [-0.3, -0.25) is 0 Å². The van der Waals surface area contributed by atoms with E-state index in [0.717, 1.165) is 12.0 Å². The molecule has 1 unspecified atom stereocenters. The molecule has 138 valence electrons. The lowest BCUT2D eigenvalue weighted by molar-refractivity contribution is 0.190. The molecule has 26 heavy (non-hydrogen) atoms. The monoisotopic (exact) mass is 357 g/mol. The van der Waals surface area contributed by atoms with Gasteiger partial charge in [-0.25, -0.2) is 9.78 Å². The highest BCUT2D eigenvalue weighted by atomic mass is 16.5. The van der Waals surface area contributed by atoms with Gasteiger partial charge >= 0.3 is 6.03 Å². The van der Waals surface area contributed by atoms with Crippen LogP contribution >= 0.6 is 0 Å².